The van der Waals surface area contributed by atoms with E-state index in [1.54, 1.807) is 0 Å². The highest BCUT2D eigenvalue weighted by molar-refractivity contribution is 5.94. The normalized spacial score (nSPS) is 11.3. The van der Waals surface area contributed by atoms with E-state index >= 15 is 0 Å². The minimum Gasteiger partial charge on any atom is -0.478 e. The minimum atomic E-state index is -1.16. The smallest absolute Gasteiger partial charge is 0.331 e. The predicted octanol–water partition coefficient (Wildman–Crippen LogP) is -0.414. The predicted molar refractivity (Wildman–Crippen MR) is 61.1 cm³/mol. The summed E-state index contributed by atoms with van der Waals surface area (Å²) in [5, 5.41) is 16.9. The first-order chi connectivity index (χ1) is 8.57. The molecule has 0 aromatic rings. The number of esters is 1. The lowest BCUT2D eigenvalue weighted by Crippen LogP contribution is -2.13. The van der Waals surface area contributed by atoms with E-state index in [1.165, 1.54) is 6.92 Å². The molecule has 7 heteroatoms. The number of carbonyl (C=O) groups excluding carboxylic acids is 1. The fourth-order valence-corrected chi connectivity index (χ4v) is 0.868. The van der Waals surface area contributed by atoms with Gasteiger partial charge in [-0.3, -0.25) is 0 Å². The number of hydrogen-bond donors (Lipinski definition) is 2. The molecule has 0 aliphatic heterocycles. The number of aliphatic hydroxyl groups excluding tert-OH is 1. The van der Waals surface area contributed by atoms with E-state index in [9.17, 15) is 9.59 Å². The van der Waals surface area contributed by atoms with Crippen LogP contribution in [0.25, 0.3) is 0 Å². The number of ether oxygens (including phenoxy) is 3. The van der Waals surface area contributed by atoms with Crippen molar-refractivity contribution in [1.82, 2.24) is 0 Å². The molecule has 0 bridgehead atoms. The Bertz CT molecular complexity index is 285. The van der Waals surface area contributed by atoms with Gasteiger partial charge < -0.3 is 24.4 Å². The van der Waals surface area contributed by atoms with Crippen LogP contribution in [0.5, 0.6) is 0 Å². The highest BCUT2D eigenvalue weighted by Crippen LogP contribution is 1.93. The van der Waals surface area contributed by atoms with Crippen LogP contribution in [0.2, 0.25) is 0 Å². The summed E-state index contributed by atoms with van der Waals surface area (Å²) in [4.78, 5) is 21.5. The van der Waals surface area contributed by atoms with E-state index in [4.69, 9.17) is 24.4 Å². The number of hydrogen-bond acceptors (Lipinski definition) is 6. The second kappa shape index (κ2) is 10.7. The fourth-order valence-electron chi connectivity index (χ4n) is 0.868. The third-order valence-electron chi connectivity index (χ3n) is 1.75. The van der Waals surface area contributed by atoms with Gasteiger partial charge in [0.2, 0.25) is 0 Å². The van der Waals surface area contributed by atoms with Crippen LogP contribution in [-0.4, -0.2) is 61.8 Å². The molecule has 0 spiro atoms. The van der Waals surface area contributed by atoms with E-state index < -0.39 is 11.9 Å². The van der Waals surface area contributed by atoms with Crippen molar-refractivity contribution in [1.29, 1.82) is 0 Å². The van der Waals surface area contributed by atoms with Crippen molar-refractivity contribution in [2.75, 3.05) is 39.6 Å². The largest absolute Gasteiger partial charge is 0.478 e. The van der Waals surface area contributed by atoms with Crippen molar-refractivity contribution in [2.45, 2.75) is 6.92 Å². The SMILES string of the molecule is C/C(=C/C(=O)OCCOCCOCCO)C(=O)O. The highest BCUT2D eigenvalue weighted by atomic mass is 16.6. The highest BCUT2D eigenvalue weighted by Gasteiger charge is 2.04. The van der Waals surface area contributed by atoms with Crippen molar-refractivity contribution in [3.8, 4) is 0 Å². The third-order valence-corrected chi connectivity index (χ3v) is 1.75. The molecule has 0 aliphatic rings. The van der Waals surface area contributed by atoms with Gasteiger partial charge in [0, 0.05) is 11.6 Å². The summed E-state index contributed by atoms with van der Waals surface area (Å²) in [5.74, 6) is -1.88. The van der Waals surface area contributed by atoms with Crippen molar-refractivity contribution < 1.29 is 34.0 Å². The molecule has 104 valence electrons. The first-order valence-electron chi connectivity index (χ1n) is 5.42. The molecule has 0 rings (SSSR count). The summed E-state index contributed by atoms with van der Waals surface area (Å²) in [6, 6.07) is 0. The lowest BCUT2D eigenvalue weighted by Gasteiger charge is -2.05. The molecule has 0 aliphatic carbocycles. The molecule has 0 saturated heterocycles. The molecule has 0 fully saturated rings. The van der Waals surface area contributed by atoms with Crippen LogP contribution in [0.4, 0.5) is 0 Å². The molecule has 0 heterocycles. The summed E-state index contributed by atoms with van der Waals surface area (Å²) in [7, 11) is 0. The average Bonchev–Trinajstić information content (AvgIpc) is 2.32. The molecule has 0 aromatic heterocycles. The number of carboxylic acid groups (broad SMARTS) is 1. The van der Waals surface area contributed by atoms with Crippen LogP contribution in [0.15, 0.2) is 11.6 Å². The van der Waals surface area contributed by atoms with Gasteiger partial charge in [-0.2, -0.15) is 0 Å². The zero-order chi connectivity index (χ0) is 13.8. The Morgan fingerprint density at radius 1 is 1.06 bits per heavy atom. The van der Waals surface area contributed by atoms with E-state index in [-0.39, 0.29) is 32.0 Å². The molecule has 18 heavy (non-hydrogen) atoms. The second-order valence-electron chi connectivity index (χ2n) is 3.25. The van der Waals surface area contributed by atoms with E-state index in [1.807, 2.05) is 0 Å². The maximum absolute atomic E-state index is 11.1. The maximum Gasteiger partial charge on any atom is 0.331 e. The number of rotatable bonds is 10. The molecule has 0 unspecified atom stereocenters. The second-order valence-corrected chi connectivity index (χ2v) is 3.25. The molecular weight excluding hydrogens is 244 g/mol. The Kier molecular flexibility index (Phi) is 9.84. The molecule has 0 saturated carbocycles. The monoisotopic (exact) mass is 262 g/mol. The fraction of sp³-hybridized carbons (Fsp3) is 0.636. The van der Waals surface area contributed by atoms with Crippen LogP contribution >= 0.6 is 0 Å². The van der Waals surface area contributed by atoms with Crippen LogP contribution in [0, 0.1) is 0 Å². The van der Waals surface area contributed by atoms with Gasteiger partial charge in [-0.25, -0.2) is 9.59 Å². The number of aliphatic hydroxyl groups is 1. The summed E-state index contributed by atoms with van der Waals surface area (Å²) in [6.45, 7) is 2.47. The zero-order valence-corrected chi connectivity index (χ0v) is 10.3. The van der Waals surface area contributed by atoms with Crippen molar-refractivity contribution in [2.24, 2.45) is 0 Å². The quantitative estimate of drug-likeness (QED) is 0.313. The minimum absolute atomic E-state index is 0.0348. The first-order valence-corrected chi connectivity index (χ1v) is 5.42. The molecular formula is C11H18O7. The average molecular weight is 262 g/mol. The van der Waals surface area contributed by atoms with Crippen molar-refractivity contribution in [3.05, 3.63) is 11.6 Å². The van der Waals surface area contributed by atoms with Gasteiger partial charge in [-0.1, -0.05) is 0 Å². The van der Waals surface area contributed by atoms with Gasteiger partial charge in [-0.05, 0) is 6.92 Å². The Balaban J connectivity index is 3.47. The van der Waals surface area contributed by atoms with E-state index in [2.05, 4.69) is 0 Å². The van der Waals surface area contributed by atoms with Gasteiger partial charge in [0.05, 0.1) is 33.0 Å². The number of carbonyl (C=O) groups is 2. The van der Waals surface area contributed by atoms with Gasteiger partial charge >= 0.3 is 11.9 Å². The Morgan fingerprint density at radius 3 is 2.17 bits per heavy atom. The number of carboxylic acids is 1. The Labute approximate surface area is 105 Å². The van der Waals surface area contributed by atoms with E-state index in [0.29, 0.717) is 13.2 Å². The van der Waals surface area contributed by atoms with Crippen LogP contribution < -0.4 is 0 Å². The molecule has 7 nitrogen and oxygen atoms in total. The summed E-state index contributed by atoms with van der Waals surface area (Å²) in [6.07, 6.45) is 0.909. The summed E-state index contributed by atoms with van der Waals surface area (Å²) in [5.41, 5.74) is -0.0849. The third kappa shape index (κ3) is 9.76. The first kappa shape index (κ1) is 16.6. The summed E-state index contributed by atoms with van der Waals surface area (Å²) < 4.78 is 14.7. The molecule has 0 atom stereocenters. The van der Waals surface area contributed by atoms with E-state index in [0.717, 1.165) is 6.08 Å². The van der Waals surface area contributed by atoms with Gasteiger partial charge in [0.25, 0.3) is 0 Å². The van der Waals surface area contributed by atoms with Crippen molar-refractivity contribution in [3.63, 3.8) is 0 Å². The lowest BCUT2D eigenvalue weighted by molar-refractivity contribution is -0.140. The van der Waals surface area contributed by atoms with Crippen LogP contribution in [0.1, 0.15) is 6.92 Å². The van der Waals surface area contributed by atoms with Crippen molar-refractivity contribution >= 4 is 11.9 Å². The Hall–Kier alpha value is -1.44. The Morgan fingerprint density at radius 2 is 1.61 bits per heavy atom. The van der Waals surface area contributed by atoms with Gasteiger partial charge in [0.1, 0.15) is 6.61 Å². The maximum atomic E-state index is 11.1. The lowest BCUT2D eigenvalue weighted by atomic mass is 10.3. The van der Waals surface area contributed by atoms with Gasteiger partial charge in [0.15, 0.2) is 0 Å². The number of aliphatic carboxylic acids is 1. The molecule has 0 aromatic carbocycles. The topological polar surface area (TPSA) is 102 Å². The van der Waals surface area contributed by atoms with Gasteiger partial charge in [-0.15, -0.1) is 0 Å². The van der Waals surface area contributed by atoms with Crippen LogP contribution in [-0.2, 0) is 23.8 Å². The zero-order valence-electron chi connectivity index (χ0n) is 10.3. The summed E-state index contributed by atoms with van der Waals surface area (Å²) >= 11 is 0. The van der Waals surface area contributed by atoms with Crippen LogP contribution in [0.3, 0.4) is 0 Å². The standard InChI is InChI=1S/C11H18O7/c1-9(11(14)15)8-10(13)18-7-6-17-5-4-16-3-2-12/h8,12H,2-7H2,1H3,(H,14,15)/b9-8-. The molecule has 0 radical (unpaired) electrons. The molecule has 0 amide bonds. The molecule has 2 N–H and O–H groups in total.